The lowest BCUT2D eigenvalue weighted by Gasteiger charge is -2.23. The Balaban J connectivity index is 1.89. The minimum absolute atomic E-state index is 0.0149. The predicted octanol–water partition coefficient (Wildman–Crippen LogP) is 3.22. The van der Waals surface area contributed by atoms with Gasteiger partial charge in [-0.3, -0.25) is 14.1 Å². The number of nitrogens with two attached hydrogens (primary N) is 1. The molecule has 0 amide bonds. The van der Waals surface area contributed by atoms with Crippen molar-refractivity contribution in [2.24, 2.45) is 0 Å². The van der Waals surface area contributed by atoms with Gasteiger partial charge in [0.2, 0.25) is 0 Å². The zero-order valence-corrected chi connectivity index (χ0v) is 19.5. The van der Waals surface area contributed by atoms with Crippen molar-refractivity contribution >= 4 is 48.6 Å². The summed E-state index contributed by atoms with van der Waals surface area (Å²) in [4.78, 5) is 25.9. The van der Waals surface area contributed by atoms with Crippen molar-refractivity contribution in [1.82, 2.24) is 0 Å². The van der Waals surface area contributed by atoms with Gasteiger partial charge < -0.3 is 11.1 Å². The van der Waals surface area contributed by atoms with E-state index in [-0.39, 0.29) is 38.6 Å². The van der Waals surface area contributed by atoms with E-state index in [1.165, 1.54) is 36.4 Å². The van der Waals surface area contributed by atoms with E-state index in [1.807, 2.05) is 0 Å². The number of hydrogen-bond acceptors (Lipinski definition) is 8. The number of anilines is 3. The Labute approximate surface area is 196 Å². The number of carbonyl (C=O) groups excluding carboxylic acids is 2. The second-order valence-electron chi connectivity index (χ2n) is 7.73. The lowest BCUT2D eigenvalue weighted by molar-refractivity contribution is 0.0980. The molecule has 0 radical (unpaired) electrons. The van der Waals surface area contributed by atoms with Crippen LogP contribution in [0.4, 0.5) is 17.1 Å². The van der Waals surface area contributed by atoms with E-state index in [2.05, 4.69) is 5.32 Å². The molecule has 1 aliphatic rings. The smallest absolute Gasteiger partial charge is 0.296 e. The first-order chi connectivity index (χ1) is 16.0. The third kappa shape index (κ3) is 3.98. The number of rotatable bonds is 6. The molecule has 176 valence electrons. The van der Waals surface area contributed by atoms with Crippen molar-refractivity contribution < 1.29 is 31.0 Å². The number of ketones is 2. The Hall–Kier alpha value is -3.54. The van der Waals surface area contributed by atoms with E-state index in [9.17, 15) is 31.0 Å². The molecule has 0 fully saturated rings. The van der Waals surface area contributed by atoms with E-state index in [1.54, 1.807) is 19.1 Å². The molecule has 4 rings (SSSR count). The standard InChI is InChI=1S/C23H20N2O7S2/c1-2-11-33(28,29)14-9-7-13(8-10-14)25-17-12-18(34(30,31)32)21(24)20-19(17)22(26)15-5-3-4-6-16(15)23(20)27/h3-10,12,25H,2,11,24H2,1H3,(H,30,31,32). The SMILES string of the molecule is CCCS(=O)(=O)c1ccc(Nc2cc(S(=O)(=O)O)c(N)c3c2C(=O)c2ccccc2C3=O)cc1. The summed E-state index contributed by atoms with van der Waals surface area (Å²) in [6.45, 7) is 1.75. The fourth-order valence-corrected chi connectivity index (χ4v) is 5.86. The summed E-state index contributed by atoms with van der Waals surface area (Å²) in [6.07, 6.45) is 0.454. The summed E-state index contributed by atoms with van der Waals surface area (Å²) < 4.78 is 58.2. The van der Waals surface area contributed by atoms with E-state index in [4.69, 9.17) is 5.73 Å². The normalized spacial score (nSPS) is 13.4. The summed E-state index contributed by atoms with van der Waals surface area (Å²) in [7, 11) is -8.29. The molecular formula is C23H20N2O7S2. The number of hydrogen-bond donors (Lipinski definition) is 3. The molecule has 0 spiro atoms. The van der Waals surface area contributed by atoms with Crippen LogP contribution in [0.3, 0.4) is 0 Å². The number of nitrogens with one attached hydrogen (secondary N) is 1. The Morgan fingerprint density at radius 1 is 0.882 bits per heavy atom. The van der Waals surface area contributed by atoms with Crippen LogP contribution >= 0.6 is 0 Å². The average molecular weight is 501 g/mol. The molecule has 0 saturated heterocycles. The largest absolute Gasteiger partial charge is 0.397 e. The second-order valence-corrected chi connectivity index (χ2v) is 11.2. The minimum Gasteiger partial charge on any atom is -0.397 e. The molecule has 4 N–H and O–H groups in total. The lowest BCUT2D eigenvalue weighted by Crippen LogP contribution is -2.25. The first kappa shape index (κ1) is 23.6. The Morgan fingerprint density at radius 3 is 1.97 bits per heavy atom. The Kier molecular flexibility index (Phi) is 5.80. The molecule has 0 atom stereocenters. The van der Waals surface area contributed by atoms with E-state index < -0.39 is 42.1 Å². The van der Waals surface area contributed by atoms with Gasteiger partial charge in [0.15, 0.2) is 21.4 Å². The molecule has 3 aromatic rings. The molecule has 1 aliphatic carbocycles. The van der Waals surface area contributed by atoms with E-state index >= 15 is 0 Å². The topological polar surface area (TPSA) is 161 Å². The summed E-state index contributed by atoms with van der Waals surface area (Å²) in [5.41, 5.74) is 5.39. The van der Waals surface area contributed by atoms with Crippen LogP contribution in [0.15, 0.2) is 64.4 Å². The maximum Gasteiger partial charge on any atom is 0.296 e. The van der Waals surface area contributed by atoms with Gasteiger partial charge in [-0.1, -0.05) is 31.2 Å². The van der Waals surface area contributed by atoms with Gasteiger partial charge in [0.1, 0.15) is 4.90 Å². The Bertz CT molecular complexity index is 1560. The fraction of sp³-hybridized carbons (Fsp3) is 0.130. The molecule has 34 heavy (non-hydrogen) atoms. The lowest BCUT2D eigenvalue weighted by atomic mass is 9.82. The monoisotopic (exact) mass is 500 g/mol. The molecule has 0 aliphatic heterocycles. The highest BCUT2D eigenvalue weighted by Gasteiger charge is 2.36. The van der Waals surface area contributed by atoms with Crippen molar-refractivity contribution in [3.63, 3.8) is 0 Å². The second kappa shape index (κ2) is 8.35. The van der Waals surface area contributed by atoms with Crippen LogP contribution in [0.5, 0.6) is 0 Å². The average Bonchev–Trinajstić information content (AvgIpc) is 2.78. The summed E-state index contributed by atoms with van der Waals surface area (Å²) >= 11 is 0. The zero-order chi connectivity index (χ0) is 24.8. The number of benzene rings is 3. The van der Waals surface area contributed by atoms with Crippen molar-refractivity contribution in [3.05, 3.63) is 76.9 Å². The minimum atomic E-state index is -4.84. The first-order valence-electron chi connectivity index (χ1n) is 10.2. The van der Waals surface area contributed by atoms with Gasteiger partial charge in [0.05, 0.1) is 33.2 Å². The van der Waals surface area contributed by atoms with Crippen molar-refractivity contribution in [2.45, 2.75) is 23.1 Å². The third-order valence-electron chi connectivity index (χ3n) is 5.44. The maximum atomic E-state index is 13.3. The number of carbonyl (C=O) groups is 2. The maximum absolute atomic E-state index is 13.3. The fourth-order valence-electron chi connectivity index (χ4n) is 3.89. The van der Waals surface area contributed by atoms with Gasteiger partial charge in [-0.05, 0) is 36.8 Å². The molecule has 9 nitrogen and oxygen atoms in total. The third-order valence-corrected chi connectivity index (χ3v) is 8.27. The highest BCUT2D eigenvalue weighted by molar-refractivity contribution is 7.91. The predicted molar refractivity (Wildman–Crippen MR) is 126 cm³/mol. The van der Waals surface area contributed by atoms with Gasteiger partial charge in [0, 0.05) is 16.8 Å². The molecule has 11 heteroatoms. The number of nitrogen functional groups attached to an aromatic ring is 1. The zero-order valence-electron chi connectivity index (χ0n) is 17.9. The van der Waals surface area contributed by atoms with Crippen LogP contribution in [-0.4, -0.2) is 38.7 Å². The van der Waals surface area contributed by atoms with Gasteiger partial charge in [-0.15, -0.1) is 0 Å². The number of fused-ring (bicyclic) bond motifs is 2. The van der Waals surface area contributed by atoms with E-state index in [0.717, 1.165) is 6.07 Å². The first-order valence-corrected chi connectivity index (χ1v) is 13.3. The van der Waals surface area contributed by atoms with Crippen LogP contribution in [0, 0.1) is 0 Å². The van der Waals surface area contributed by atoms with Crippen LogP contribution < -0.4 is 11.1 Å². The van der Waals surface area contributed by atoms with Crippen molar-refractivity contribution in [3.8, 4) is 0 Å². The highest BCUT2D eigenvalue weighted by atomic mass is 32.2. The molecule has 0 heterocycles. The molecule has 0 aromatic heterocycles. The molecular weight excluding hydrogens is 480 g/mol. The summed E-state index contributed by atoms with van der Waals surface area (Å²) in [5.74, 6) is -1.22. The van der Waals surface area contributed by atoms with Crippen LogP contribution in [0.25, 0.3) is 0 Å². The molecule has 0 bridgehead atoms. The summed E-state index contributed by atoms with van der Waals surface area (Å²) in [6, 6.07) is 12.7. The molecule has 0 saturated carbocycles. The van der Waals surface area contributed by atoms with Gasteiger partial charge >= 0.3 is 0 Å². The van der Waals surface area contributed by atoms with Gasteiger partial charge in [0.25, 0.3) is 10.1 Å². The summed E-state index contributed by atoms with van der Waals surface area (Å²) in [5, 5.41) is 2.87. The van der Waals surface area contributed by atoms with E-state index in [0.29, 0.717) is 12.1 Å². The van der Waals surface area contributed by atoms with Crippen molar-refractivity contribution in [1.29, 1.82) is 0 Å². The quantitative estimate of drug-likeness (QED) is 0.267. The number of sulfone groups is 1. The van der Waals surface area contributed by atoms with Gasteiger partial charge in [-0.2, -0.15) is 8.42 Å². The molecule has 0 unspecified atom stereocenters. The Morgan fingerprint density at radius 2 is 1.44 bits per heavy atom. The van der Waals surface area contributed by atoms with Crippen molar-refractivity contribution in [2.75, 3.05) is 16.8 Å². The molecule has 3 aromatic carbocycles. The highest BCUT2D eigenvalue weighted by Crippen LogP contribution is 2.40. The van der Waals surface area contributed by atoms with Crippen LogP contribution in [-0.2, 0) is 20.0 Å². The van der Waals surface area contributed by atoms with Crippen LogP contribution in [0.2, 0.25) is 0 Å². The van der Waals surface area contributed by atoms with Crippen LogP contribution in [0.1, 0.15) is 45.2 Å². The van der Waals surface area contributed by atoms with Gasteiger partial charge in [-0.25, -0.2) is 8.42 Å².